The van der Waals surface area contributed by atoms with Crippen LogP contribution in [0.4, 0.5) is 8.78 Å². The summed E-state index contributed by atoms with van der Waals surface area (Å²) in [6.45, 7) is 1.63. The van der Waals surface area contributed by atoms with E-state index >= 15 is 0 Å². The lowest BCUT2D eigenvalue weighted by atomic mass is 9.99. The van der Waals surface area contributed by atoms with Crippen LogP contribution in [0.25, 0.3) is 11.1 Å². The van der Waals surface area contributed by atoms with E-state index in [4.69, 9.17) is 13.7 Å². The molecule has 0 bridgehead atoms. The molecule has 0 amide bonds. The molecule has 0 saturated heterocycles. The molecule has 31 heavy (non-hydrogen) atoms. The monoisotopic (exact) mass is 446 g/mol. The number of ether oxygens (including phenoxy) is 2. The molecule has 162 valence electrons. The van der Waals surface area contributed by atoms with E-state index in [2.05, 4.69) is 0 Å². The SMILES string of the molecule is COc1cc2c(c(-c3cc(F)ccc3F)c1)OC(COS(=O)(=O)c1ccc(C)cc1)C2. The zero-order valence-electron chi connectivity index (χ0n) is 16.9. The molecule has 0 radical (unpaired) electrons. The topological polar surface area (TPSA) is 61.8 Å². The molecule has 1 heterocycles. The molecule has 0 fully saturated rings. The maximum absolute atomic E-state index is 14.4. The summed E-state index contributed by atoms with van der Waals surface area (Å²) in [6.07, 6.45) is -0.280. The standard InChI is InChI=1S/C23H20F2O5S/c1-14-3-6-19(7-4-14)31(26,27)29-13-18-10-15-9-17(28-2)12-21(23(15)30-18)20-11-16(24)5-8-22(20)25/h3-9,11-12,18H,10,13H2,1-2H3. The van der Waals surface area contributed by atoms with E-state index in [1.807, 2.05) is 6.92 Å². The Balaban J connectivity index is 1.58. The van der Waals surface area contributed by atoms with Crippen LogP contribution in [-0.4, -0.2) is 28.2 Å². The van der Waals surface area contributed by atoms with Gasteiger partial charge in [-0.15, -0.1) is 0 Å². The summed E-state index contributed by atoms with van der Waals surface area (Å²) in [4.78, 5) is 0.0535. The highest BCUT2D eigenvalue weighted by atomic mass is 32.2. The van der Waals surface area contributed by atoms with Crippen LogP contribution >= 0.6 is 0 Å². The van der Waals surface area contributed by atoms with Crippen molar-refractivity contribution in [2.75, 3.05) is 13.7 Å². The third-order valence-electron chi connectivity index (χ3n) is 5.04. The first kappa shape index (κ1) is 21.3. The zero-order valence-corrected chi connectivity index (χ0v) is 17.7. The summed E-state index contributed by atoms with van der Waals surface area (Å²) in [7, 11) is -2.48. The predicted molar refractivity (Wildman–Crippen MR) is 111 cm³/mol. The van der Waals surface area contributed by atoms with Gasteiger partial charge in [0.2, 0.25) is 0 Å². The number of fused-ring (bicyclic) bond motifs is 1. The van der Waals surface area contributed by atoms with Crippen LogP contribution < -0.4 is 9.47 Å². The van der Waals surface area contributed by atoms with Gasteiger partial charge in [-0.1, -0.05) is 17.7 Å². The van der Waals surface area contributed by atoms with Gasteiger partial charge in [0.25, 0.3) is 10.1 Å². The average molecular weight is 446 g/mol. The first-order chi connectivity index (χ1) is 14.8. The molecule has 1 aliphatic heterocycles. The first-order valence-corrected chi connectivity index (χ1v) is 11.0. The fourth-order valence-electron chi connectivity index (χ4n) is 3.46. The first-order valence-electron chi connectivity index (χ1n) is 9.56. The maximum Gasteiger partial charge on any atom is 0.297 e. The highest BCUT2D eigenvalue weighted by molar-refractivity contribution is 7.86. The molecule has 0 aromatic heterocycles. The van der Waals surface area contributed by atoms with Gasteiger partial charge in [0.05, 0.1) is 12.0 Å². The Morgan fingerprint density at radius 2 is 1.77 bits per heavy atom. The summed E-state index contributed by atoms with van der Waals surface area (Å²) < 4.78 is 69.5. The third-order valence-corrected chi connectivity index (χ3v) is 6.34. The van der Waals surface area contributed by atoms with E-state index in [1.54, 1.807) is 24.3 Å². The summed E-state index contributed by atoms with van der Waals surface area (Å²) >= 11 is 0. The van der Waals surface area contributed by atoms with Crippen molar-refractivity contribution in [2.45, 2.75) is 24.3 Å². The van der Waals surface area contributed by atoms with Crippen LogP contribution in [0.5, 0.6) is 11.5 Å². The Kier molecular flexibility index (Phi) is 5.68. The lowest BCUT2D eigenvalue weighted by molar-refractivity contribution is 0.152. The lowest BCUT2D eigenvalue weighted by Crippen LogP contribution is -2.23. The number of rotatable bonds is 6. The Morgan fingerprint density at radius 3 is 2.48 bits per heavy atom. The van der Waals surface area contributed by atoms with Gasteiger partial charge in [-0.25, -0.2) is 8.78 Å². The molecule has 0 aliphatic carbocycles. The molecule has 1 atom stereocenters. The van der Waals surface area contributed by atoms with Crippen molar-refractivity contribution in [3.05, 3.63) is 77.4 Å². The van der Waals surface area contributed by atoms with Crippen molar-refractivity contribution in [3.8, 4) is 22.6 Å². The number of hydrogen-bond donors (Lipinski definition) is 0. The van der Waals surface area contributed by atoms with Crippen LogP contribution in [0.1, 0.15) is 11.1 Å². The molecule has 0 N–H and O–H groups in total. The molecule has 3 aromatic carbocycles. The molecular weight excluding hydrogens is 426 g/mol. The molecule has 0 spiro atoms. The fourth-order valence-corrected chi connectivity index (χ4v) is 4.39. The Hall–Kier alpha value is -2.97. The second-order valence-electron chi connectivity index (χ2n) is 7.28. The minimum absolute atomic E-state index is 0.0315. The smallest absolute Gasteiger partial charge is 0.297 e. The minimum Gasteiger partial charge on any atom is -0.497 e. The van der Waals surface area contributed by atoms with Crippen LogP contribution in [-0.2, 0) is 20.7 Å². The maximum atomic E-state index is 14.4. The number of methoxy groups -OCH3 is 1. The zero-order chi connectivity index (χ0) is 22.2. The largest absolute Gasteiger partial charge is 0.497 e. The van der Waals surface area contributed by atoms with Crippen molar-refractivity contribution < 1.29 is 30.9 Å². The Labute approximate surface area is 179 Å². The molecule has 1 unspecified atom stereocenters. The fraction of sp³-hybridized carbons (Fsp3) is 0.217. The highest BCUT2D eigenvalue weighted by Gasteiger charge is 2.30. The predicted octanol–water partition coefficient (Wildman–Crippen LogP) is 4.66. The molecular formula is C23H20F2O5S. The van der Waals surface area contributed by atoms with Crippen molar-refractivity contribution >= 4 is 10.1 Å². The van der Waals surface area contributed by atoms with Crippen molar-refractivity contribution in [1.82, 2.24) is 0 Å². The molecule has 1 aliphatic rings. The minimum atomic E-state index is -3.95. The second kappa shape index (κ2) is 8.28. The molecule has 0 saturated carbocycles. The highest BCUT2D eigenvalue weighted by Crippen LogP contribution is 2.43. The van der Waals surface area contributed by atoms with Gasteiger partial charge in [0.1, 0.15) is 35.8 Å². The summed E-state index contributed by atoms with van der Waals surface area (Å²) in [5.74, 6) is -0.390. The quantitative estimate of drug-likeness (QED) is 0.516. The summed E-state index contributed by atoms with van der Waals surface area (Å²) in [6, 6.07) is 12.8. The Morgan fingerprint density at radius 1 is 1.03 bits per heavy atom. The normalized spacial score (nSPS) is 15.4. The van der Waals surface area contributed by atoms with Gasteiger partial charge in [-0.05, 0) is 49.4 Å². The van der Waals surface area contributed by atoms with E-state index in [9.17, 15) is 17.2 Å². The van der Waals surface area contributed by atoms with E-state index in [0.29, 0.717) is 29.0 Å². The molecule has 4 rings (SSSR count). The van der Waals surface area contributed by atoms with Crippen LogP contribution in [0.3, 0.4) is 0 Å². The van der Waals surface area contributed by atoms with Crippen LogP contribution in [0, 0.1) is 18.6 Å². The number of halogens is 2. The van der Waals surface area contributed by atoms with E-state index in [-0.39, 0.29) is 17.1 Å². The third kappa shape index (κ3) is 4.40. The van der Waals surface area contributed by atoms with Crippen molar-refractivity contribution in [2.24, 2.45) is 0 Å². The number of benzene rings is 3. The number of aryl methyl sites for hydroxylation is 1. The lowest BCUT2D eigenvalue weighted by Gasteiger charge is -2.14. The molecule has 3 aromatic rings. The van der Waals surface area contributed by atoms with Gasteiger partial charge in [0.15, 0.2) is 0 Å². The van der Waals surface area contributed by atoms with Crippen molar-refractivity contribution in [1.29, 1.82) is 0 Å². The van der Waals surface area contributed by atoms with E-state index < -0.39 is 27.9 Å². The summed E-state index contributed by atoms with van der Waals surface area (Å²) in [5.41, 5.74) is 1.98. The van der Waals surface area contributed by atoms with Gasteiger partial charge >= 0.3 is 0 Å². The van der Waals surface area contributed by atoms with Gasteiger partial charge < -0.3 is 9.47 Å². The average Bonchev–Trinajstić information content (AvgIpc) is 3.17. The summed E-state index contributed by atoms with van der Waals surface area (Å²) in [5, 5.41) is 0. The van der Waals surface area contributed by atoms with Crippen LogP contribution in [0.2, 0.25) is 0 Å². The molecule has 5 nitrogen and oxygen atoms in total. The van der Waals surface area contributed by atoms with Gasteiger partial charge in [0, 0.05) is 23.1 Å². The molecule has 8 heteroatoms. The Bertz CT molecular complexity index is 1220. The van der Waals surface area contributed by atoms with Crippen molar-refractivity contribution in [3.63, 3.8) is 0 Å². The van der Waals surface area contributed by atoms with E-state index in [1.165, 1.54) is 19.2 Å². The van der Waals surface area contributed by atoms with Crippen LogP contribution in [0.15, 0.2) is 59.5 Å². The number of hydrogen-bond acceptors (Lipinski definition) is 5. The van der Waals surface area contributed by atoms with Gasteiger partial charge in [-0.3, -0.25) is 4.18 Å². The second-order valence-corrected chi connectivity index (χ2v) is 8.90. The van der Waals surface area contributed by atoms with Gasteiger partial charge in [-0.2, -0.15) is 8.42 Å². The van der Waals surface area contributed by atoms with E-state index in [0.717, 1.165) is 23.8 Å².